The summed E-state index contributed by atoms with van der Waals surface area (Å²) >= 11 is 0. The van der Waals surface area contributed by atoms with Gasteiger partial charge in [-0.05, 0) is 0 Å². The molecule has 0 radical (unpaired) electrons. The van der Waals surface area contributed by atoms with Crippen molar-refractivity contribution < 1.29 is 14.0 Å². The predicted octanol–water partition coefficient (Wildman–Crippen LogP) is -0.623. The van der Waals surface area contributed by atoms with Crippen molar-refractivity contribution in [2.24, 2.45) is 4.99 Å². The highest BCUT2D eigenvalue weighted by Gasteiger charge is 2.31. The van der Waals surface area contributed by atoms with E-state index in [1.807, 2.05) is 13.8 Å². The molecule has 1 atom stereocenters. The predicted molar refractivity (Wildman–Crippen MR) is 48.6 cm³/mol. The van der Waals surface area contributed by atoms with Crippen molar-refractivity contribution in [2.45, 2.75) is 26.1 Å². The van der Waals surface area contributed by atoms with E-state index in [-0.39, 0.29) is 18.4 Å². The molecule has 0 saturated carbocycles. The molecule has 2 N–H and O–H groups in total. The molecule has 6 heteroatoms. The number of aliphatic imine (C=N–C) groups is 1. The minimum absolute atomic E-state index is 0.169. The minimum Gasteiger partial charge on any atom is -0.310 e. The molecule has 0 aromatic carbocycles. The monoisotopic (exact) mass is 201 g/mol. The van der Waals surface area contributed by atoms with Crippen LogP contribution in [0.2, 0.25) is 0 Å². The van der Waals surface area contributed by atoms with Crippen LogP contribution in [0.25, 0.3) is 0 Å². The molecule has 0 bridgehead atoms. The van der Waals surface area contributed by atoms with E-state index in [4.69, 9.17) is 0 Å². The van der Waals surface area contributed by atoms with E-state index in [1.54, 1.807) is 0 Å². The minimum atomic E-state index is -2.15. The number of hydrogen-bond acceptors (Lipinski definition) is 3. The fourth-order valence-electron chi connectivity index (χ4n) is 0.920. The molecule has 0 aromatic rings. The summed E-state index contributed by atoms with van der Waals surface area (Å²) in [6.45, 7) is 4.07. The van der Waals surface area contributed by atoms with Gasteiger partial charge in [0.25, 0.3) is 18.0 Å². The molecule has 1 unspecified atom stereocenters. The van der Waals surface area contributed by atoms with Gasteiger partial charge in [0.05, 0.1) is 6.54 Å². The van der Waals surface area contributed by atoms with Crippen molar-refractivity contribution in [2.75, 3.05) is 6.54 Å². The van der Waals surface area contributed by atoms with Gasteiger partial charge >= 0.3 is 0 Å². The Balaban J connectivity index is 2.59. The summed E-state index contributed by atoms with van der Waals surface area (Å²) in [5.74, 6) is -1.80. The van der Waals surface area contributed by atoms with Gasteiger partial charge in [-0.1, -0.05) is 13.8 Å². The third-order valence-corrected chi connectivity index (χ3v) is 1.64. The summed E-state index contributed by atoms with van der Waals surface area (Å²) in [6.07, 6.45) is -2.15. The third-order valence-electron chi connectivity index (χ3n) is 1.64. The van der Waals surface area contributed by atoms with Gasteiger partial charge in [0, 0.05) is 6.04 Å². The Kier molecular flexibility index (Phi) is 3.29. The van der Waals surface area contributed by atoms with E-state index in [9.17, 15) is 14.0 Å². The third kappa shape index (κ3) is 2.59. The quantitative estimate of drug-likeness (QED) is 0.598. The summed E-state index contributed by atoms with van der Waals surface area (Å²) < 4.78 is 12.7. The van der Waals surface area contributed by atoms with Crippen LogP contribution in [0.5, 0.6) is 0 Å². The molecule has 0 saturated heterocycles. The molecule has 0 spiro atoms. The van der Waals surface area contributed by atoms with Crippen molar-refractivity contribution in [3.05, 3.63) is 0 Å². The molecule has 78 valence electrons. The topological polar surface area (TPSA) is 70.6 Å². The summed E-state index contributed by atoms with van der Waals surface area (Å²) in [5.41, 5.74) is 0. The lowest BCUT2D eigenvalue weighted by Crippen LogP contribution is -2.49. The molecule has 1 heterocycles. The average molecular weight is 201 g/mol. The van der Waals surface area contributed by atoms with Gasteiger partial charge in [0.15, 0.2) is 0 Å². The van der Waals surface area contributed by atoms with Gasteiger partial charge in [-0.15, -0.1) is 0 Å². The largest absolute Gasteiger partial charge is 0.310 e. The number of carbonyl (C=O) groups excluding carboxylic acids is 2. The lowest BCUT2D eigenvalue weighted by molar-refractivity contribution is -0.134. The van der Waals surface area contributed by atoms with Crippen LogP contribution in [0.4, 0.5) is 4.39 Å². The maximum Gasteiger partial charge on any atom is 0.291 e. The molecule has 14 heavy (non-hydrogen) atoms. The summed E-state index contributed by atoms with van der Waals surface area (Å²) in [7, 11) is 0. The summed E-state index contributed by atoms with van der Waals surface area (Å²) in [5, 5.41) is 5.16. The van der Waals surface area contributed by atoms with E-state index in [1.165, 1.54) is 0 Å². The maximum absolute atomic E-state index is 12.7. The van der Waals surface area contributed by atoms with Crippen LogP contribution < -0.4 is 10.6 Å². The molecule has 1 aliphatic heterocycles. The Morgan fingerprint density at radius 3 is 2.71 bits per heavy atom. The van der Waals surface area contributed by atoms with Gasteiger partial charge in [0.1, 0.15) is 5.84 Å². The lowest BCUT2D eigenvalue weighted by Gasteiger charge is -2.16. The number of hydrogen-bond donors (Lipinski definition) is 2. The van der Waals surface area contributed by atoms with Crippen LogP contribution in [0, 0.1) is 0 Å². The van der Waals surface area contributed by atoms with Gasteiger partial charge in [0.2, 0.25) is 0 Å². The van der Waals surface area contributed by atoms with Crippen molar-refractivity contribution in [3.63, 3.8) is 0 Å². The number of amidine groups is 1. The van der Waals surface area contributed by atoms with Gasteiger partial charge < -0.3 is 10.6 Å². The molecule has 0 fully saturated rings. The van der Waals surface area contributed by atoms with Crippen molar-refractivity contribution in [1.82, 2.24) is 10.6 Å². The van der Waals surface area contributed by atoms with Crippen molar-refractivity contribution in [3.8, 4) is 0 Å². The van der Waals surface area contributed by atoms with Gasteiger partial charge in [-0.2, -0.15) is 4.99 Å². The van der Waals surface area contributed by atoms with E-state index >= 15 is 0 Å². The number of amides is 2. The Morgan fingerprint density at radius 1 is 1.57 bits per heavy atom. The van der Waals surface area contributed by atoms with Crippen LogP contribution in [0.3, 0.4) is 0 Å². The Bertz CT molecular complexity index is 288. The van der Waals surface area contributed by atoms with Crippen LogP contribution in [-0.4, -0.2) is 36.4 Å². The lowest BCUT2D eigenvalue weighted by atomic mass is 10.3. The first kappa shape index (κ1) is 10.8. The summed E-state index contributed by atoms with van der Waals surface area (Å²) in [6, 6.07) is 0.202. The van der Waals surface area contributed by atoms with Crippen LogP contribution >= 0.6 is 0 Å². The SMILES string of the molecule is CC(C)NCC1=NC(=O)C(F)C(=O)N1. The van der Waals surface area contributed by atoms with Crippen molar-refractivity contribution >= 4 is 17.6 Å². The number of halogens is 1. The molecule has 1 rings (SSSR count). The molecule has 2 amide bonds. The smallest absolute Gasteiger partial charge is 0.291 e. The first-order valence-corrected chi connectivity index (χ1v) is 4.30. The fourth-order valence-corrected chi connectivity index (χ4v) is 0.920. The second-order valence-corrected chi connectivity index (χ2v) is 3.28. The zero-order valence-corrected chi connectivity index (χ0v) is 8.00. The second kappa shape index (κ2) is 4.28. The highest BCUT2D eigenvalue weighted by Crippen LogP contribution is 2.00. The molecule has 0 aromatic heterocycles. The molecule has 1 aliphatic rings. The Hall–Kier alpha value is -1.30. The number of carbonyl (C=O) groups is 2. The molecule has 5 nitrogen and oxygen atoms in total. The molecular weight excluding hydrogens is 189 g/mol. The normalized spacial score (nSPS) is 22.3. The number of nitrogens with one attached hydrogen (secondary N) is 2. The first-order chi connectivity index (χ1) is 6.50. The fraction of sp³-hybridized carbons (Fsp3) is 0.625. The van der Waals surface area contributed by atoms with E-state index in [2.05, 4.69) is 15.6 Å². The maximum atomic E-state index is 12.7. The Labute approximate surface area is 80.8 Å². The number of nitrogens with zero attached hydrogens (tertiary/aromatic N) is 1. The highest BCUT2D eigenvalue weighted by atomic mass is 19.1. The number of alkyl halides is 1. The standard InChI is InChI=1S/C8H12FN3O2/c1-4(2)10-3-5-11-7(13)6(9)8(14)12-5/h4,6,10H,3H2,1-2H3,(H,11,12,13,14). The van der Waals surface area contributed by atoms with Crippen molar-refractivity contribution in [1.29, 1.82) is 0 Å². The van der Waals surface area contributed by atoms with E-state index < -0.39 is 18.0 Å². The molecule has 0 aliphatic carbocycles. The average Bonchev–Trinajstić information content (AvgIpc) is 2.10. The van der Waals surface area contributed by atoms with Crippen LogP contribution in [0.1, 0.15) is 13.8 Å². The van der Waals surface area contributed by atoms with Gasteiger partial charge in [-0.3, -0.25) is 9.59 Å². The number of rotatable bonds is 3. The second-order valence-electron chi connectivity index (χ2n) is 3.28. The zero-order valence-electron chi connectivity index (χ0n) is 8.00. The molecular formula is C8H12FN3O2. The van der Waals surface area contributed by atoms with E-state index in [0.29, 0.717) is 0 Å². The highest BCUT2D eigenvalue weighted by molar-refractivity contribution is 6.18. The van der Waals surface area contributed by atoms with Crippen LogP contribution in [-0.2, 0) is 9.59 Å². The summed E-state index contributed by atoms with van der Waals surface area (Å²) in [4.78, 5) is 25.0. The van der Waals surface area contributed by atoms with Crippen LogP contribution in [0.15, 0.2) is 4.99 Å². The van der Waals surface area contributed by atoms with Gasteiger partial charge in [-0.25, -0.2) is 4.39 Å². The van der Waals surface area contributed by atoms with E-state index in [0.717, 1.165) is 0 Å². The first-order valence-electron chi connectivity index (χ1n) is 4.30. The zero-order chi connectivity index (χ0) is 10.7. The Morgan fingerprint density at radius 2 is 2.21 bits per heavy atom.